The number of halogens is 1. The predicted molar refractivity (Wildman–Crippen MR) is 148 cm³/mol. The zero-order chi connectivity index (χ0) is 28.9. The lowest BCUT2D eigenvalue weighted by atomic mass is 10.0. The summed E-state index contributed by atoms with van der Waals surface area (Å²) in [5.41, 5.74) is 3.02. The molecule has 41 heavy (non-hydrogen) atoms. The largest absolute Gasteiger partial charge is 0.750 e. The molecule has 2 amide bonds. The fraction of sp³-hybridized carbons (Fsp3) is 0.310. The molecule has 10 nitrogen and oxygen atoms in total. The topological polar surface area (TPSA) is 112 Å². The molecule has 3 atom stereocenters. The summed E-state index contributed by atoms with van der Waals surface area (Å²) in [4.78, 5) is 29.8. The van der Waals surface area contributed by atoms with Crippen molar-refractivity contribution in [2.45, 2.75) is 25.7 Å². The van der Waals surface area contributed by atoms with Crippen molar-refractivity contribution in [3.8, 4) is 0 Å². The van der Waals surface area contributed by atoms with E-state index in [1.807, 2.05) is 42.2 Å². The number of nitrogens with zero attached hydrogens (tertiary/aromatic N) is 3. The van der Waals surface area contributed by atoms with Crippen molar-refractivity contribution in [2.24, 2.45) is 0 Å². The highest BCUT2D eigenvalue weighted by Gasteiger charge is 2.39. The number of aryl methyl sites for hydroxylation is 1. The Bertz CT molecular complexity index is 1400. The van der Waals surface area contributed by atoms with Gasteiger partial charge in [0.1, 0.15) is 18.5 Å². The normalized spacial score (nSPS) is 18.7. The van der Waals surface area contributed by atoms with Gasteiger partial charge in [-0.15, -0.1) is 0 Å². The van der Waals surface area contributed by atoms with Crippen LogP contribution in [-0.4, -0.2) is 64.7 Å². The van der Waals surface area contributed by atoms with Crippen molar-refractivity contribution in [1.82, 2.24) is 4.90 Å². The maximum Gasteiger partial charge on any atom is 0.414 e. The first-order valence-corrected chi connectivity index (χ1v) is 14.1. The van der Waals surface area contributed by atoms with E-state index in [2.05, 4.69) is 0 Å². The molecule has 12 heteroatoms. The van der Waals surface area contributed by atoms with Crippen LogP contribution in [0, 0.1) is 12.7 Å². The van der Waals surface area contributed by atoms with Crippen LogP contribution in [0.3, 0.4) is 0 Å². The van der Waals surface area contributed by atoms with Gasteiger partial charge in [-0.3, -0.25) is 9.08 Å². The molecule has 2 aliphatic rings. The summed E-state index contributed by atoms with van der Waals surface area (Å²) < 4.78 is 53.9. The maximum absolute atomic E-state index is 15.3. The average molecular weight is 583 g/mol. The summed E-state index contributed by atoms with van der Waals surface area (Å²) in [5.74, 6) is -0.536. The SMILES string of the molecule is Cc1ccc(C(OS(=O)[O-])C2CN(c3ccc(N4CCN(C(=O)OCc5ccccc5)CC4)c(F)c3)C(=O)O2)cc1. The third-order valence-corrected chi connectivity index (χ3v) is 7.45. The van der Waals surface area contributed by atoms with Crippen LogP contribution in [0.25, 0.3) is 0 Å². The van der Waals surface area contributed by atoms with E-state index in [0.29, 0.717) is 37.4 Å². The molecular weight excluding hydrogens is 553 g/mol. The van der Waals surface area contributed by atoms with Crippen LogP contribution in [-0.2, 0) is 31.6 Å². The third-order valence-electron chi connectivity index (χ3n) is 7.09. The van der Waals surface area contributed by atoms with E-state index in [-0.39, 0.29) is 18.8 Å². The van der Waals surface area contributed by atoms with Gasteiger partial charge in [0, 0.05) is 26.2 Å². The molecule has 3 unspecified atom stereocenters. The molecule has 0 aromatic heterocycles. The van der Waals surface area contributed by atoms with E-state index in [4.69, 9.17) is 13.7 Å². The molecule has 2 aliphatic heterocycles. The van der Waals surface area contributed by atoms with E-state index < -0.39 is 41.6 Å². The van der Waals surface area contributed by atoms with Crippen molar-refractivity contribution < 1.29 is 36.4 Å². The summed E-state index contributed by atoms with van der Waals surface area (Å²) in [5, 5.41) is 0. The summed E-state index contributed by atoms with van der Waals surface area (Å²) in [6.45, 7) is 3.60. The van der Waals surface area contributed by atoms with Gasteiger partial charge in [0.2, 0.25) is 0 Å². The van der Waals surface area contributed by atoms with Crippen molar-refractivity contribution in [1.29, 1.82) is 0 Å². The van der Waals surface area contributed by atoms with Gasteiger partial charge in [0.25, 0.3) is 0 Å². The molecule has 3 aromatic carbocycles. The molecule has 3 aromatic rings. The number of hydrogen-bond acceptors (Lipinski definition) is 8. The van der Waals surface area contributed by atoms with Gasteiger partial charge in [-0.25, -0.2) is 18.2 Å². The van der Waals surface area contributed by atoms with Gasteiger partial charge in [-0.2, -0.15) is 0 Å². The number of anilines is 2. The number of amides is 2. The first-order valence-electron chi connectivity index (χ1n) is 13.1. The minimum atomic E-state index is -2.85. The van der Waals surface area contributed by atoms with Crippen molar-refractivity contribution in [3.63, 3.8) is 0 Å². The van der Waals surface area contributed by atoms with Gasteiger partial charge in [-0.1, -0.05) is 60.2 Å². The van der Waals surface area contributed by atoms with Gasteiger partial charge in [0.05, 0.1) is 29.3 Å². The fourth-order valence-corrected chi connectivity index (χ4v) is 5.29. The first-order chi connectivity index (χ1) is 19.8. The number of ether oxygens (including phenoxy) is 2. The van der Waals surface area contributed by atoms with E-state index in [1.54, 1.807) is 41.3 Å². The molecule has 216 valence electrons. The molecule has 0 spiro atoms. The third kappa shape index (κ3) is 6.84. The molecule has 0 bridgehead atoms. The number of benzene rings is 3. The summed E-state index contributed by atoms with van der Waals surface area (Å²) in [6, 6.07) is 20.9. The van der Waals surface area contributed by atoms with Gasteiger partial charge in [-0.05, 0) is 36.2 Å². The average Bonchev–Trinajstić information content (AvgIpc) is 3.37. The lowest BCUT2D eigenvalue weighted by Crippen LogP contribution is -2.49. The van der Waals surface area contributed by atoms with Gasteiger partial charge < -0.3 is 23.8 Å². The van der Waals surface area contributed by atoms with E-state index >= 15 is 4.39 Å². The van der Waals surface area contributed by atoms with Gasteiger partial charge >= 0.3 is 12.2 Å². The number of cyclic esters (lactones) is 1. The van der Waals surface area contributed by atoms with Crippen molar-refractivity contribution in [3.05, 3.63) is 95.3 Å². The number of carbonyl (C=O) groups is 2. The molecular formula is C29H29FN3O7S-. The lowest BCUT2D eigenvalue weighted by molar-refractivity contribution is 0.0493. The van der Waals surface area contributed by atoms with Crippen molar-refractivity contribution >= 4 is 34.9 Å². The number of carbonyl (C=O) groups excluding carboxylic acids is 2. The summed E-state index contributed by atoms with van der Waals surface area (Å²) in [6.07, 6.45) is -3.13. The molecule has 0 saturated carbocycles. The Kier molecular flexibility index (Phi) is 8.81. The van der Waals surface area contributed by atoms with E-state index in [1.165, 1.54) is 11.0 Å². The summed E-state index contributed by atoms with van der Waals surface area (Å²) >= 11 is -2.85. The zero-order valence-corrected chi connectivity index (χ0v) is 23.1. The number of hydrogen-bond donors (Lipinski definition) is 0. The Morgan fingerprint density at radius 2 is 1.78 bits per heavy atom. The highest BCUT2D eigenvalue weighted by molar-refractivity contribution is 7.74. The molecule has 0 N–H and O–H groups in total. The Labute approximate surface area is 239 Å². The molecule has 2 saturated heterocycles. The molecule has 0 radical (unpaired) electrons. The van der Waals surface area contributed by atoms with Crippen LogP contribution in [0.1, 0.15) is 22.8 Å². The Morgan fingerprint density at radius 3 is 2.44 bits per heavy atom. The van der Waals surface area contributed by atoms with E-state index in [0.717, 1.165) is 11.1 Å². The summed E-state index contributed by atoms with van der Waals surface area (Å²) in [7, 11) is 0. The Hall–Kier alpha value is -4.00. The standard InChI is InChI=1S/C29H30FN3O7S/c1-20-7-9-22(10-8-20)27(40-41(36)37)26-18-33(29(35)39-26)23-11-12-25(24(30)17-23)31-13-15-32(16-14-31)28(34)38-19-21-5-3-2-4-6-21/h2-12,17,26-27H,13-16,18-19H2,1H3,(H,36,37)/p-1. The maximum atomic E-state index is 15.3. The van der Waals surface area contributed by atoms with Gasteiger partial charge in [0.15, 0.2) is 6.10 Å². The Balaban J connectivity index is 1.20. The van der Waals surface area contributed by atoms with E-state index in [9.17, 15) is 18.4 Å². The first kappa shape index (κ1) is 28.5. The minimum absolute atomic E-state index is 0.0306. The molecule has 2 heterocycles. The Morgan fingerprint density at radius 1 is 1.07 bits per heavy atom. The molecule has 2 fully saturated rings. The number of rotatable bonds is 8. The second-order valence-electron chi connectivity index (χ2n) is 9.81. The highest BCUT2D eigenvalue weighted by Crippen LogP contribution is 2.33. The fourth-order valence-electron chi connectivity index (χ4n) is 4.89. The van der Waals surface area contributed by atoms with Crippen LogP contribution in [0.2, 0.25) is 0 Å². The number of piperazine rings is 1. The monoisotopic (exact) mass is 582 g/mol. The van der Waals surface area contributed by atoms with Crippen molar-refractivity contribution in [2.75, 3.05) is 42.5 Å². The second kappa shape index (κ2) is 12.7. The van der Waals surface area contributed by atoms with Crippen LogP contribution in [0.15, 0.2) is 72.8 Å². The molecule has 0 aliphatic carbocycles. The van der Waals surface area contributed by atoms with Crippen LogP contribution in [0.4, 0.5) is 25.4 Å². The minimum Gasteiger partial charge on any atom is -0.750 e. The quantitative estimate of drug-likeness (QED) is 0.358. The van der Waals surface area contributed by atoms with Crippen LogP contribution < -0.4 is 9.80 Å². The highest BCUT2D eigenvalue weighted by atomic mass is 32.2. The smallest absolute Gasteiger partial charge is 0.414 e. The lowest BCUT2D eigenvalue weighted by Gasteiger charge is -2.35. The van der Waals surface area contributed by atoms with Crippen LogP contribution in [0.5, 0.6) is 0 Å². The predicted octanol–water partition coefficient (Wildman–Crippen LogP) is 4.47. The van der Waals surface area contributed by atoms with Crippen LogP contribution >= 0.6 is 0 Å². The molecule has 5 rings (SSSR count). The second-order valence-corrected chi connectivity index (χ2v) is 10.4. The zero-order valence-electron chi connectivity index (χ0n) is 22.3.